The van der Waals surface area contributed by atoms with Crippen LogP contribution in [0.15, 0.2) is 10.5 Å². The van der Waals surface area contributed by atoms with Gasteiger partial charge in [0.1, 0.15) is 16.1 Å². The Kier molecular flexibility index (Phi) is 1.77. The quantitative estimate of drug-likeness (QED) is 0.730. The molecule has 0 aliphatic heterocycles. The second-order valence-corrected chi connectivity index (χ2v) is 3.41. The number of benzene rings is 1. The van der Waals surface area contributed by atoms with E-state index in [-0.39, 0.29) is 9.50 Å². The van der Waals surface area contributed by atoms with Crippen molar-refractivity contribution in [1.29, 1.82) is 0 Å². The molecule has 0 unspecified atom stereocenters. The van der Waals surface area contributed by atoms with Crippen molar-refractivity contribution in [3.05, 3.63) is 21.4 Å². The van der Waals surface area contributed by atoms with Gasteiger partial charge in [0.2, 0.25) is 0 Å². The van der Waals surface area contributed by atoms with Crippen molar-refractivity contribution in [2.24, 2.45) is 0 Å². The highest BCUT2D eigenvalue weighted by atomic mass is 79.9. The summed E-state index contributed by atoms with van der Waals surface area (Å²) in [6.45, 7) is 0. The van der Waals surface area contributed by atoms with E-state index in [1.54, 1.807) is 0 Å². The molecule has 0 amide bonds. The van der Waals surface area contributed by atoms with Crippen LogP contribution >= 0.6 is 27.5 Å². The van der Waals surface area contributed by atoms with Crippen LogP contribution in [-0.4, -0.2) is 15.4 Å². The van der Waals surface area contributed by atoms with Gasteiger partial charge in [0.25, 0.3) is 0 Å². The fraction of sp³-hybridized carbons (Fsp3) is 0. The minimum absolute atomic E-state index is 0.0203. The first kappa shape index (κ1) is 7.94. The van der Waals surface area contributed by atoms with Gasteiger partial charge in [-0.15, -0.1) is 0 Å². The maximum absolute atomic E-state index is 13.1. The molecule has 0 aliphatic rings. The number of hydrogen-bond donors (Lipinski definition) is 1. The number of H-pyrrole nitrogens is 1. The zero-order valence-corrected chi connectivity index (χ0v) is 7.95. The fourth-order valence-corrected chi connectivity index (χ4v) is 1.66. The number of halogens is 3. The Morgan fingerprint density at radius 1 is 1.50 bits per heavy atom. The van der Waals surface area contributed by atoms with Gasteiger partial charge in [-0.05, 0) is 22.0 Å². The van der Waals surface area contributed by atoms with Crippen LogP contribution in [0.25, 0.3) is 11.0 Å². The van der Waals surface area contributed by atoms with Crippen molar-refractivity contribution in [2.45, 2.75) is 0 Å². The van der Waals surface area contributed by atoms with Crippen LogP contribution < -0.4 is 0 Å². The summed E-state index contributed by atoms with van der Waals surface area (Å²) in [6, 6.07) is 1.51. The molecule has 0 radical (unpaired) electrons. The third-order valence-corrected chi connectivity index (χ3v) is 2.37. The number of aromatic amines is 1. The number of nitrogens with zero attached hydrogens (tertiary/aromatic N) is 2. The molecule has 6 heteroatoms. The van der Waals surface area contributed by atoms with Gasteiger partial charge in [-0.2, -0.15) is 15.4 Å². The fourth-order valence-electron chi connectivity index (χ4n) is 0.893. The Balaban J connectivity index is 2.94. The maximum Gasteiger partial charge on any atom is 0.158 e. The molecular weight excluding hydrogens is 248 g/mol. The third kappa shape index (κ3) is 1.01. The molecule has 0 aliphatic carbocycles. The minimum atomic E-state index is -0.516. The maximum atomic E-state index is 13.1. The molecule has 1 N–H and O–H groups in total. The van der Waals surface area contributed by atoms with Gasteiger partial charge in [0, 0.05) is 0 Å². The molecule has 1 aromatic heterocycles. The highest BCUT2D eigenvalue weighted by Crippen LogP contribution is 2.29. The Morgan fingerprint density at radius 2 is 2.25 bits per heavy atom. The Hall–Kier alpha value is -0.680. The van der Waals surface area contributed by atoms with Crippen LogP contribution in [-0.2, 0) is 0 Å². The Bertz CT molecular complexity index is 442. The summed E-state index contributed by atoms with van der Waals surface area (Å²) in [4.78, 5) is 0. The summed E-state index contributed by atoms with van der Waals surface area (Å²) in [6.07, 6.45) is 0. The zero-order valence-electron chi connectivity index (χ0n) is 5.61. The second-order valence-electron chi connectivity index (χ2n) is 2.18. The van der Waals surface area contributed by atoms with Gasteiger partial charge < -0.3 is 0 Å². The number of nitrogens with one attached hydrogen (secondary N) is 1. The van der Waals surface area contributed by atoms with Crippen LogP contribution in [0.3, 0.4) is 0 Å². The van der Waals surface area contributed by atoms with Crippen LogP contribution in [0.5, 0.6) is 0 Å². The molecule has 62 valence electrons. The van der Waals surface area contributed by atoms with Gasteiger partial charge >= 0.3 is 0 Å². The highest BCUT2D eigenvalue weighted by Gasteiger charge is 2.12. The van der Waals surface area contributed by atoms with E-state index in [0.29, 0.717) is 11.0 Å². The number of aromatic nitrogens is 3. The lowest BCUT2D eigenvalue weighted by atomic mass is 10.3. The van der Waals surface area contributed by atoms with Gasteiger partial charge in [-0.3, -0.25) is 0 Å². The summed E-state index contributed by atoms with van der Waals surface area (Å²) >= 11 is 8.66. The SMILES string of the molecule is Fc1c(Br)cc2n[nH]nc2c1Cl. The predicted octanol–water partition coefficient (Wildman–Crippen LogP) is 2.51. The number of hydrogen-bond acceptors (Lipinski definition) is 2. The van der Waals surface area contributed by atoms with Crippen molar-refractivity contribution in [2.75, 3.05) is 0 Å². The van der Waals surface area contributed by atoms with E-state index >= 15 is 0 Å². The van der Waals surface area contributed by atoms with Crippen LogP contribution in [0.4, 0.5) is 4.39 Å². The third-order valence-electron chi connectivity index (χ3n) is 1.45. The lowest BCUT2D eigenvalue weighted by Crippen LogP contribution is -1.81. The molecule has 2 rings (SSSR count). The minimum Gasteiger partial charge on any atom is -0.204 e. The smallest absolute Gasteiger partial charge is 0.158 e. The van der Waals surface area contributed by atoms with Crippen molar-refractivity contribution in [1.82, 2.24) is 15.4 Å². The number of fused-ring (bicyclic) bond motifs is 1. The first-order valence-corrected chi connectivity index (χ1v) is 4.21. The van der Waals surface area contributed by atoms with E-state index in [4.69, 9.17) is 11.6 Å². The largest absolute Gasteiger partial charge is 0.204 e. The molecule has 0 saturated carbocycles. The van der Waals surface area contributed by atoms with Gasteiger partial charge in [-0.25, -0.2) is 4.39 Å². The molecule has 0 bridgehead atoms. The molecule has 0 saturated heterocycles. The summed E-state index contributed by atoms with van der Waals surface area (Å²) < 4.78 is 13.4. The van der Waals surface area contributed by atoms with Crippen LogP contribution in [0, 0.1) is 5.82 Å². The summed E-state index contributed by atoms with van der Waals surface area (Å²) in [5, 5.41) is 9.80. The molecule has 3 nitrogen and oxygen atoms in total. The Labute approximate surface area is 80.0 Å². The predicted molar refractivity (Wildman–Crippen MR) is 46.6 cm³/mol. The summed E-state index contributed by atoms with van der Waals surface area (Å²) in [7, 11) is 0. The van der Waals surface area contributed by atoms with Crippen molar-refractivity contribution >= 4 is 38.6 Å². The summed E-state index contributed by atoms with van der Waals surface area (Å²) in [5.41, 5.74) is 0.880. The van der Waals surface area contributed by atoms with Gasteiger partial charge in [-0.1, -0.05) is 11.6 Å². The molecule has 2 aromatic rings. The topological polar surface area (TPSA) is 41.6 Å². The van der Waals surface area contributed by atoms with Crippen molar-refractivity contribution < 1.29 is 4.39 Å². The van der Waals surface area contributed by atoms with E-state index in [2.05, 4.69) is 31.3 Å². The average molecular weight is 250 g/mol. The van der Waals surface area contributed by atoms with Crippen molar-refractivity contribution in [3.8, 4) is 0 Å². The van der Waals surface area contributed by atoms with Crippen LogP contribution in [0.1, 0.15) is 0 Å². The standard InChI is InChI=1S/C6H2BrClFN3/c7-2-1-3-6(11-12-10-3)4(8)5(2)9/h1H,(H,10,11,12). The average Bonchev–Trinajstić information content (AvgIpc) is 2.48. The van der Waals surface area contributed by atoms with E-state index in [9.17, 15) is 4.39 Å². The summed E-state index contributed by atoms with van der Waals surface area (Å²) in [5.74, 6) is -0.516. The van der Waals surface area contributed by atoms with E-state index in [1.807, 2.05) is 0 Å². The van der Waals surface area contributed by atoms with Crippen LogP contribution in [0.2, 0.25) is 5.02 Å². The first-order chi connectivity index (χ1) is 5.70. The van der Waals surface area contributed by atoms with E-state index < -0.39 is 5.82 Å². The molecule has 1 aromatic carbocycles. The molecular formula is C6H2BrClFN3. The van der Waals surface area contributed by atoms with Gasteiger partial charge in [0.05, 0.1) is 4.47 Å². The monoisotopic (exact) mass is 249 g/mol. The normalized spacial score (nSPS) is 10.9. The number of rotatable bonds is 0. The second kappa shape index (κ2) is 2.67. The highest BCUT2D eigenvalue weighted by molar-refractivity contribution is 9.10. The Morgan fingerprint density at radius 3 is 3.00 bits per heavy atom. The lowest BCUT2D eigenvalue weighted by Gasteiger charge is -1.95. The van der Waals surface area contributed by atoms with E-state index in [0.717, 1.165) is 0 Å². The molecule has 0 spiro atoms. The van der Waals surface area contributed by atoms with Gasteiger partial charge in [0.15, 0.2) is 5.82 Å². The zero-order chi connectivity index (χ0) is 8.72. The first-order valence-electron chi connectivity index (χ1n) is 3.04. The molecule has 0 atom stereocenters. The lowest BCUT2D eigenvalue weighted by molar-refractivity contribution is 0.623. The molecule has 1 heterocycles. The molecule has 12 heavy (non-hydrogen) atoms. The van der Waals surface area contributed by atoms with E-state index in [1.165, 1.54) is 6.07 Å². The molecule has 0 fully saturated rings. The van der Waals surface area contributed by atoms with Crippen molar-refractivity contribution in [3.63, 3.8) is 0 Å².